The van der Waals surface area contributed by atoms with E-state index in [0.717, 1.165) is 21.2 Å². The maximum Gasteiger partial charge on any atom is 0.256 e. The standard InChI is InChI=1S/C16H15BrClNO/c1-9-6-10(2)15(11(3)7-9)16(20)19-14-8-12(17)4-5-13(14)18/h4-8H,1-3H3,(H,19,20). The van der Waals surface area contributed by atoms with Crippen molar-refractivity contribution in [3.8, 4) is 0 Å². The van der Waals surface area contributed by atoms with E-state index in [1.165, 1.54) is 0 Å². The summed E-state index contributed by atoms with van der Waals surface area (Å²) in [5.41, 5.74) is 4.38. The van der Waals surface area contributed by atoms with Crippen LogP contribution in [0.2, 0.25) is 5.02 Å². The number of benzene rings is 2. The molecule has 0 aliphatic carbocycles. The average molecular weight is 353 g/mol. The zero-order valence-corrected chi connectivity index (χ0v) is 13.9. The van der Waals surface area contributed by atoms with E-state index in [0.29, 0.717) is 16.3 Å². The first kappa shape index (κ1) is 15.1. The van der Waals surface area contributed by atoms with Crippen LogP contribution in [-0.4, -0.2) is 5.91 Å². The zero-order chi connectivity index (χ0) is 14.9. The Morgan fingerprint density at radius 3 is 2.30 bits per heavy atom. The van der Waals surface area contributed by atoms with Gasteiger partial charge in [-0.2, -0.15) is 0 Å². The van der Waals surface area contributed by atoms with Crippen molar-refractivity contribution < 1.29 is 4.79 Å². The number of rotatable bonds is 2. The molecule has 2 aromatic carbocycles. The van der Waals surface area contributed by atoms with Gasteiger partial charge in [-0.3, -0.25) is 4.79 Å². The van der Waals surface area contributed by atoms with E-state index in [-0.39, 0.29) is 5.91 Å². The maximum atomic E-state index is 12.4. The topological polar surface area (TPSA) is 29.1 Å². The highest BCUT2D eigenvalue weighted by atomic mass is 79.9. The predicted octanol–water partition coefficient (Wildman–Crippen LogP) is 5.28. The minimum atomic E-state index is -0.139. The van der Waals surface area contributed by atoms with Crippen LogP contribution in [0.4, 0.5) is 5.69 Å². The highest BCUT2D eigenvalue weighted by Gasteiger charge is 2.14. The molecule has 2 rings (SSSR count). The Morgan fingerprint density at radius 2 is 1.70 bits per heavy atom. The van der Waals surface area contributed by atoms with Gasteiger partial charge in [0.1, 0.15) is 0 Å². The molecule has 0 aromatic heterocycles. The van der Waals surface area contributed by atoms with E-state index in [4.69, 9.17) is 11.6 Å². The molecule has 0 bridgehead atoms. The molecule has 0 saturated heterocycles. The van der Waals surface area contributed by atoms with E-state index < -0.39 is 0 Å². The number of hydrogen-bond donors (Lipinski definition) is 1. The summed E-state index contributed by atoms with van der Waals surface area (Å²) in [4.78, 5) is 12.4. The fraction of sp³-hybridized carbons (Fsp3) is 0.188. The number of carbonyl (C=O) groups excluding carboxylic acids is 1. The van der Waals surface area contributed by atoms with Gasteiger partial charge in [-0.05, 0) is 50.1 Å². The number of nitrogens with one attached hydrogen (secondary N) is 1. The molecule has 0 atom stereocenters. The SMILES string of the molecule is Cc1cc(C)c(C(=O)Nc2cc(Br)ccc2Cl)c(C)c1. The molecule has 0 aliphatic heterocycles. The lowest BCUT2D eigenvalue weighted by atomic mass is 9.99. The van der Waals surface area contributed by atoms with Crippen molar-refractivity contribution in [1.82, 2.24) is 0 Å². The van der Waals surface area contributed by atoms with Crippen LogP contribution in [-0.2, 0) is 0 Å². The van der Waals surface area contributed by atoms with Crippen molar-refractivity contribution in [2.24, 2.45) is 0 Å². The first-order valence-corrected chi connectivity index (χ1v) is 7.40. The second kappa shape index (κ2) is 5.98. The first-order chi connectivity index (χ1) is 9.38. The molecule has 0 aliphatic rings. The number of aryl methyl sites for hydroxylation is 3. The Bertz CT molecular complexity index is 659. The molecule has 0 fully saturated rings. The number of anilines is 1. The van der Waals surface area contributed by atoms with Gasteiger partial charge >= 0.3 is 0 Å². The van der Waals surface area contributed by atoms with Gasteiger partial charge in [0.05, 0.1) is 10.7 Å². The van der Waals surface area contributed by atoms with Gasteiger partial charge in [0.25, 0.3) is 5.91 Å². The van der Waals surface area contributed by atoms with Crippen LogP contribution < -0.4 is 5.32 Å². The van der Waals surface area contributed by atoms with E-state index in [1.54, 1.807) is 12.1 Å². The molecule has 0 heterocycles. The summed E-state index contributed by atoms with van der Waals surface area (Å²) in [6.07, 6.45) is 0. The monoisotopic (exact) mass is 351 g/mol. The summed E-state index contributed by atoms with van der Waals surface area (Å²) < 4.78 is 0.870. The summed E-state index contributed by atoms with van der Waals surface area (Å²) in [7, 11) is 0. The molecule has 104 valence electrons. The summed E-state index contributed by atoms with van der Waals surface area (Å²) in [5.74, 6) is -0.139. The predicted molar refractivity (Wildman–Crippen MR) is 87.8 cm³/mol. The molecule has 0 radical (unpaired) electrons. The van der Waals surface area contributed by atoms with Gasteiger partial charge in [-0.25, -0.2) is 0 Å². The quantitative estimate of drug-likeness (QED) is 0.782. The van der Waals surface area contributed by atoms with Crippen molar-refractivity contribution >= 4 is 39.1 Å². The van der Waals surface area contributed by atoms with Crippen molar-refractivity contribution in [1.29, 1.82) is 0 Å². The molecule has 0 spiro atoms. The first-order valence-electron chi connectivity index (χ1n) is 6.22. The summed E-state index contributed by atoms with van der Waals surface area (Å²) in [6, 6.07) is 9.38. The molecule has 1 amide bonds. The lowest BCUT2D eigenvalue weighted by molar-refractivity contribution is 0.102. The van der Waals surface area contributed by atoms with Crippen LogP contribution in [0.3, 0.4) is 0 Å². The van der Waals surface area contributed by atoms with Gasteiger partial charge in [0.2, 0.25) is 0 Å². The average Bonchev–Trinajstić information content (AvgIpc) is 2.32. The lowest BCUT2D eigenvalue weighted by Gasteiger charge is -2.13. The molecule has 0 unspecified atom stereocenters. The molecular weight excluding hydrogens is 338 g/mol. The highest BCUT2D eigenvalue weighted by Crippen LogP contribution is 2.27. The Balaban J connectivity index is 2.36. The Kier molecular flexibility index (Phi) is 4.51. The second-order valence-electron chi connectivity index (χ2n) is 4.85. The van der Waals surface area contributed by atoms with Gasteiger partial charge in [-0.1, -0.05) is 45.2 Å². The third-order valence-corrected chi connectivity index (χ3v) is 3.90. The van der Waals surface area contributed by atoms with Crippen LogP contribution in [0, 0.1) is 20.8 Å². The van der Waals surface area contributed by atoms with Crippen LogP contribution >= 0.6 is 27.5 Å². The maximum absolute atomic E-state index is 12.4. The number of hydrogen-bond acceptors (Lipinski definition) is 1. The van der Waals surface area contributed by atoms with Crippen molar-refractivity contribution in [3.05, 3.63) is 62.1 Å². The Hall–Kier alpha value is -1.32. The second-order valence-corrected chi connectivity index (χ2v) is 6.17. The minimum absolute atomic E-state index is 0.139. The molecule has 1 N–H and O–H groups in total. The molecular formula is C16H15BrClNO. The summed E-state index contributed by atoms with van der Waals surface area (Å²) in [5, 5.41) is 3.39. The van der Waals surface area contributed by atoms with Crippen molar-refractivity contribution in [3.63, 3.8) is 0 Å². The molecule has 4 heteroatoms. The van der Waals surface area contributed by atoms with Crippen LogP contribution in [0.15, 0.2) is 34.8 Å². The van der Waals surface area contributed by atoms with E-state index in [9.17, 15) is 4.79 Å². The van der Waals surface area contributed by atoms with Crippen LogP contribution in [0.25, 0.3) is 0 Å². The van der Waals surface area contributed by atoms with E-state index in [2.05, 4.69) is 21.2 Å². The van der Waals surface area contributed by atoms with E-state index >= 15 is 0 Å². The van der Waals surface area contributed by atoms with Gasteiger partial charge in [0.15, 0.2) is 0 Å². The smallest absolute Gasteiger partial charge is 0.256 e. The molecule has 2 aromatic rings. The molecule has 0 saturated carbocycles. The Labute approximate surface area is 132 Å². The summed E-state index contributed by atoms with van der Waals surface area (Å²) >= 11 is 9.47. The largest absolute Gasteiger partial charge is 0.321 e. The van der Waals surface area contributed by atoms with Gasteiger partial charge in [-0.15, -0.1) is 0 Å². The van der Waals surface area contributed by atoms with Crippen LogP contribution in [0.1, 0.15) is 27.0 Å². The normalized spacial score (nSPS) is 10.4. The van der Waals surface area contributed by atoms with Gasteiger partial charge in [0, 0.05) is 10.0 Å². The fourth-order valence-corrected chi connectivity index (χ4v) is 2.84. The van der Waals surface area contributed by atoms with E-state index in [1.807, 2.05) is 39.0 Å². The van der Waals surface area contributed by atoms with Gasteiger partial charge < -0.3 is 5.32 Å². The summed E-state index contributed by atoms with van der Waals surface area (Å²) in [6.45, 7) is 5.90. The Morgan fingerprint density at radius 1 is 1.10 bits per heavy atom. The third kappa shape index (κ3) is 3.22. The number of amides is 1. The van der Waals surface area contributed by atoms with Crippen molar-refractivity contribution in [2.45, 2.75) is 20.8 Å². The minimum Gasteiger partial charge on any atom is -0.321 e. The number of carbonyl (C=O) groups is 1. The molecule has 2 nitrogen and oxygen atoms in total. The van der Waals surface area contributed by atoms with Crippen LogP contribution in [0.5, 0.6) is 0 Å². The van der Waals surface area contributed by atoms with Crippen molar-refractivity contribution in [2.75, 3.05) is 5.32 Å². The zero-order valence-electron chi connectivity index (χ0n) is 11.6. The fourth-order valence-electron chi connectivity index (χ4n) is 2.32. The lowest BCUT2D eigenvalue weighted by Crippen LogP contribution is -2.15. The third-order valence-electron chi connectivity index (χ3n) is 3.08. The molecule has 20 heavy (non-hydrogen) atoms. The highest BCUT2D eigenvalue weighted by molar-refractivity contribution is 9.10. The number of halogens is 2.